The number of carbonyl (C=O) groups is 3. The Bertz CT molecular complexity index is 1660. The summed E-state index contributed by atoms with van der Waals surface area (Å²) in [6, 6.07) is 20.5. The predicted molar refractivity (Wildman–Crippen MR) is 175 cm³/mol. The number of nitrogens with two attached hydrogens (primary N) is 1. The molecule has 1 aromatic heterocycles. The minimum absolute atomic E-state index is 0.0244. The van der Waals surface area contributed by atoms with E-state index in [0.717, 1.165) is 66.3 Å². The van der Waals surface area contributed by atoms with Gasteiger partial charge in [-0.15, -0.1) is 10.2 Å². The third-order valence-electron chi connectivity index (χ3n) is 9.05. The molecule has 2 saturated carbocycles. The van der Waals surface area contributed by atoms with Crippen molar-refractivity contribution in [1.82, 2.24) is 31.3 Å². The lowest BCUT2D eigenvalue weighted by atomic mass is 9.81. The van der Waals surface area contributed by atoms with Crippen molar-refractivity contribution in [2.75, 3.05) is 11.9 Å². The van der Waals surface area contributed by atoms with Gasteiger partial charge in [0, 0.05) is 35.2 Å². The molecule has 1 heterocycles. The minimum atomic E-state index is -0.769. The van der Waals surface area contributed by atoms with Crippen molar-refractivity contribution >= 4 is 23.4 Å². The topological polar surface area (TPSA) is 168 Å². The van der Waals surface area contributed by atoms with Crippen LogP contribution >= 0.6 is 0 Å². The van der Waals surface area contributed by atoms with Gasteiger partial charge < -0.3 is 21.7 Å². The van der Waals surface area contributed by atoms with Gasteiger partial charge in [-0.3, -0.25) is 14.4 Å². The molecule has 46 heavy (non-hydrogen) atoms. The molecule has 3 aromatic carbocycles. The van der Waals surface area contributed by atoms with Crippen LogP contribution in [0.5, 0.6) is 0 Å². The van der Waals surface area contributed by atoms with Gasteiger partial charge in [-0.05, 0) is 116 Å². The fourth-order valence-corrected chi connectivity index (χ4v) is 6.03. The van der Waals surface area contributed by atoms with Crippen molar-refractivity contribution in [2.45, 2.75) is 64.0 Å². The lowest BCUT2D eigenvalue weighted by Crippen LogP contribution is -2.48. The normalized spacial score (nSPS) is 18.4. The third-order valence-corrected chi connectivity index (χ3v) is 9.05. The first-order valence-electron chi connectivity index (χ1n) is 16.0. The molecule has 0 unspecified atom stereocenters. The summed E-state index contributed by atoms with van der Waals surface area (Å²) in [6.07, 6.45) is 5.82. The van der Waals surface area contributed by atoms with Crippen molar-refractivity contribution in [3.63, 3.8) is 0 Å². The molecular formula is C35H40N8O3. The van der Waals surface area contributed by atoms with Crippen LogP contribution in [0.3, 0.4) is 0 Å². The highest BCUT2D eigenvalue weighted by Crippen LogP contribution is 2.29. The average molecular weight is 621 g/mol. The van der Waals surface area contributed by atoms with Gasteiger partial charge in [0.25, 0.3) is 5.91 Å². The Morgan fingerprint density at radius 2 is 1.59 bits per heavy atom. The number of benzene rings is 3. The quantitative estimate of drug-likeness (QED) is 0.168. The molecule has 1 atom stereocenters. The van der Waals surface area contributed by atoms with E-state index in [1.165, 1.54) is 0 Å². The Hall–Kier alpha value is -4.90. The SMILES string of the molecule is Cc1cc(-c2ccc(C[C@H](NC(=O)C3CCC(CN)CC3)C(=O)Nc3ccc(-c4nn[nH]n4)cc3)cc2)ccc1C(=O)NC1CC1. The first kappa shape index (κ1) is 31.1. The van der Waals surface area contributed by atoms with E-state index in [0.29, 0.717) is 42.0 Å². The van der Waals surface area contributed by atoms with E-state index in [-0.39, 0.29) is 23.6 Å². The summed E-state index contributed by atoms with van der Waals surface area (Å²) in [5, 5.41) is 23.1. The van der Waals surface area contributed by atoms with E-state index in [1.54, 1.807) is 24.3 Å². The van der Waals surface area contributed by atoms with E-state index in [1.807, 2.05) is 49.4 Å². The van der Waals surface area contributed by atoms with Crippen LogP contribution in [0.25, 0.3) is 22.5 Å². The molecule has 0 saturated heterocycles. The van der Waals surface area contributed by atoms with Crippen LogP contribution in [0.4, 0.5) is 5.69 Å². The van der Waals surface area contributed by atoms with Crippen molar-refractivity contribution in [1.29, 1.82) is 0 Å². The number of aromatic nitrogens is 4. The summed E-state index contributed by atoms with van der Waals surface area (Å²) >= 11 is 0. The second kappa shape index (κ2) is 14.0. The number of rotatable bonds is 11. The molecule has 6 rings (SSSR count). The second-order valence-electron chi connectivity index (χ2n) is 12.5. The molecular weight excluding hydrogens is 580 g/mol. The van der Waals surface area contributed by atoms with E-state index in [4.69, 9.17) is 5.73 Å². The molecule has 0 aliphatic heterocycles. The number of aryl methyl sites for hydroxylation is 1. The fraction of sp³-hybridized carbons (Fsp3) is 0.371. The maximum absolute atomic E-state index is 13.6. The maximum atomic E-state index is 13.6. The van der Waals surface area contributed by atoms with Crippen molar-refractivity contribution in [3.05, 3.63) is 83.4 Å². The summed E-state index contributed by atoms with van der Waals surface area (Å²) in [5.41, 5.74) is 11.8. The lowest BCUT2D eigenvalue weighted by Gasteiger charge is -2.28. The minimum Gasteiger partial charge on any atom is -0.349 e. The summed E-state index contributed by atoms with van der Waals surface area (Å²) in [7, 11) is 0. The van der Waals surface area contributed by atoms with E-state index < -0.39 is 6.04 Å². The Labute approximate surface area is 268 Å². The number of hydrogen-bond donors (Lipinski definition) is 5. The van der Waals surface area contributed by atoms with Crippen LogP contribution in [-0.4, -0.2) is 57.0 Å². The Morgan fingerprint density at radius 1 is 0.891 bits per heavy atom. The first-order valence-corrected chi connectivity index (χ1v) is 16.0. The third kappa shape index (κ3) is 7.66. The molecule has 11 nitrogen and oxygen atoms in total. The average Bonchev–Trinajstić information content (AvgIpc) is 3.72. The van der Waals surface area contributed by atoms with E-state index >= 15 is 0 Å². The molecule has 6 N–H and O–H groups in total. The van der Waals surface area contributed by atoms with Gasteiger partial charge in [0.2, 0.25) is 17.6 Å². The lowest BCUT2D eigenvalue weighted by molar-refractivity contribution is -0.130. The maximum Gasteiger partial charge on any atom is 0.251 e. The number of carbonyl (C=O) groups excluding carboxylic acids is 3. The van der Waals surface area contributed by atoms with Crippen LogP contribution in [0, 0.1) is 18.8 Å². The summed E-state index contributed by atoms with van der Waals surface area (Å²) in [6.45, 7) is 2.59. The Morgan fingerprint density at radius 3 is 2.22 bits per heavy atom. The van der Waals surface area contributed by atoms with Gasteiger partial charge in [-0.1, -0.05) is 36.4 Å². The van der Waals surface area contributed by atoms with Crippen LogP contribution in [0.15, 0.2) is 66.7 Å². The monoisotopic (exact) mass is 620 g/mol. The summed E-state index contributed by atoms with van der Waals surface area (Å²) in [4.78, 5) is 39.5. The Kier molecular flexibility index (Phi) is 9.49. The van der Waals surface area contributed by atoms with Gasteiger partial charge in [-0.25, -0.2) is 0 Å². The molecule has 238 valence electrons. The number of hydrogen-bond acceptors (Lipinski definition) is 7. The molecule has 0 radical (unpaired) electrons. The van der Waals surface area contributed by atoms with Crippen molar-refractivity contribution in [3.8, 4) is 22.5 Å². The number of amides is 3. The zero-order chi connectivity index (χ0) is 32.0. The number of H-pyrrole nitrogens is 1. The van der Waals surface area contributed by atoms with E-state index in [9.17, 15) is 14.4 Å². The largest absolute Gasteiger partial charge is 0.349 e. The van der Waals surface area contributed by atoms with Gasteiger partial charge >= 0.3 is 0 Å². The van der Waals surface area contributed by atoms with Crippen LogP contribution in [0.2, 0.25) is 0 Å². The summed E-state index contributed by atoms with van der Waals surface area (Å²) < 4.78 is 0. The van der Waals surface area contributed by atoms with Gasteiger partial charge in [0.15, 0.2) is 0 Å². The predicted octanol–water partition coefficient (Wildman–Crippen LogP) is 4.17. The van der Waals surface area contributed by atoms with Gasteiger partial charge in [0.1, 0.15) is 6.04 Å². The highest BCUT2D eigenvalue weighted by molar-refractivity contribution is 5.98. The standard InChI is InChI=1S/C35H40N8O3/c1-21-18-27(12-17-30(21)34(45)37-29-15-16-29)24-6-2-22(3-7-24)19-31(39-33(44)26-8-4-23(20-36)5-9-26)35(46)38-28-13-10-25(11-14-28)32-40-42-43-41-32/h2-3,6-7,10-14,17-18,23,26,29,31H,4-5,8-9,15-16,19-20,36H2,1H3,(H,37,45)(H,38,46)(H,39,44)(H,40,41,42,43)/t23?,26?,31-/m0/s1. The van der Waals surface area contributed by atoms with Crippen LogP contribution in [-0.2, 0) is 16.0 Å². The molecule has 2 aliphatic carbocycles. The van der Waals surface area contributed by atoms with Crippen molar-refractivity contribution in [2.24, 2.45) is 17.6 Å². The second-order valence-corrected chi connectivity index (χ2v) is 12.5. The van der Waals surface area contributed by atoms with Gasteiger partial charge in [-0.2, -0.15) is 5.21 Å². The summed E-state index contributed by atoms with van der Waals surface area (Å²) in [5.74, 6) is 0.367. The van der Waals surface area contributed by atoms with Gasteiger partial charge in [0.05, 0.1) is 0 Å². The fourth-order valence-electron chi connectivity index (χ4n) is 6.03. The number of tetrazole rings is 1. The number of aromatic amines is 1. The molecule has 11 heteroatoms. The van der Waals surface area contributed by atoms with Crippen LogP contribution in [0.1, 0.15) is 60.0 Å². The highest BCUT2D eigenvalue weighted by Gasteiger charge is 2.29. The number of nitrogens with one attached hydrogen (secondary N) is 4. The zero-order valence-corrected chi connectivity index (χ0v) is 26.0. The van der Waals surface area contributed by atoms with E-state index in [2.05, 4.69) is 36.6 Å². The highest BCUT2D eigenvalue weighted by atomic mass is 16.2. The molecule has 2 fully saturated rings. The smallest absolute Gasteiger partial charge is 0.251 e. The molecule has 3 amide bonds. The van der Waals surface area contributed by atoms with Crippen LogP contribution < -0.4 is 21.7 Å². The van der Waals surface area contributed by atoms with Crippen molar-refractivity contribution < 1.29 is 14.4 Å². The molecule has 2 aliphatic rings. The zero-order valence-electron chi connectivity index (χ0n) is 26.0. The Balaban J connectivity index is 1.15. The molecule has 0 bridgehead atoms. The molecule has 4 aromatic rings. The number of nitrogens with zero attached hydrogens (tertiary/aromatic N) is 3. The number of anilines is 1. The first-order chi connectivity index (χ1) is 22.4. The molecule has 0 spiro atoms.